The molecule has 0 saturated carbocycles. The molecular formula is C21H20O9. The number of carbonyl (C=O) groups is 1. The second-order valence-electron chi connectivity index (χ2n) is 6.07. The van der Waals surface area contributed by atoms with Gasteiger partial charge in [0.25, 0.3) is 0 Å². The van der Waals surface area contributed by atoms with Crippen molar-refractivity contribution < 1.29 is 38.0 Å². The normalized spacial score (nSPS) is 10.6. The van der Waals surface area contributed by atoms with Crippen molar-refractivity contribution in [2.24, 2.45) is 0 Å². The van der Waals surface area contributed by atoms with Gasteiger partial charge in [0.2, 0.25) is 11.5 Å². The number of hydrogen-bond donors (Lipinski definition) is 1. The van der Waals surface area contributed by atoms with Gasteiger partial charge in [0.1, 0.15) is 0 Å². The average molecular weight is 416 g/mol. The fourth-order valence-corrected chi connectivity index (χ4v) is 3.24. The summed E-state index contributed by atoms with van der Waals surface area (Å²) in [4.78, 5) is 24.4. The highest BCUT2D eigenvalue weighted by Gasteiger charge is 2.25. The zero-order valence-corrected chi connectivity index (χ0v) is 17.0. The molecule has 9 heteroatoms. The van der Waals surface area contributed by atoms with Crippen LogP contribution in [0.1, 0.15) is 10.6 Å². The van der Waals surface area contributed by atoms with Crippen molar-refractivity contribution in [1.82, 2.24) is 0 Å². The van der Waals surface area contributed by atoms with Crippen LogP contribution < -0.4 is 29.3 Å². The minimum atomic E-state index is -1.41. The lowest BCUT2D eigenvalue weighted by atomic mass is 9.97. The Kier molecular flexibility index (Phi) is 5.72. The Morgan fingerprint density at radius 1 is 0.767 bits per heavy atom. The summed E-state index contributed by atoms with van der Waals surface area (Å²) in [5.74, 6) is -0.369. The number of carboxylic acids is 1. The summed E-state index contributed by atoms with van der Waals surface area (Å²) >= 11 is 0. The van der Waals surface area contributed by atoms with Gasteiger partial charge in [-0.1, -0.05) is 0 Å². The highest BCUT2D eigenvalue weighted by atomic mass is 16.5. The van der Waals surface area contributed by atoms with Crippen molar-refractivity contribution in [1.29, 1.82) is 0 Å². The zero-order chi connectivity index (χ0) is 22.0. The van der Waals surface area contributed by atoms with E-state index >= 15 is 0 Å². The van der Waals surface area contributed by atoms with Crippen molar-refractivity contribution in [2.45, 2.75) is 0 Å². The Labute approximate surface area is 171 Å². The lowest BCUT2D eigenvalue weighted by Crippen LogP contribution is -2.10. The maximum Gasteiger partial charge on any atom is 0.372 e. The first-order valence-corrected chi connectivity index (χ1v) is 8.66. The number of ether oxygens (including phenoxy) is 5. The molecule has 0 saturated heterocycles. The number of hydrogen-bond acceptors (Lipinski definition) is 8. The molecule has 0 radical (unpaired) electrons. The summed E-state index contributed by atoms with van der Waals surface area (Å²) < 4.78 is 31.8. The molecule has 0 atom stereocenters. The van der Waals surface area contributed by atoms with Crippen LogP contribution in [0.3, 0.4) is 0 Å². The molecule has 9 nitrogen and oxygen atoms in total. The van der Waals surface area contributed by atoms with E-state index in [1.54, 1.807) is 12.1 Å². The van der Waals surface area contributed by atoms with Crippen molar-refractivity contribution in [3.8, 4) is 39.9 Å². The zero-order valence-electron chi connectivity index (χ0n) is 17.0. The van der Waals surface area contributed by atoms with E-state index in [0.29, 0.717) is 39.7 Å². The molecule has 0 bridgehead atoms. The highest BCUT2D eigenvalue weighted by molar-refractivity contribution is 6.06. The SMILES string of the molecule is COc1cc2c(-c3cc(OC)c(OC)c(OC)c3)c(C(=O)O)oc(=O)c2cc1OC. The monoisotopic (exact) mass is 416 g/mol. The molecule has 0 unspecified atom stereocenters. The second-order valence-corrected chi connectivity index (χ2v) is 6.07. The number of methoxy groups -OCH3 is 5. The molecule has 0 amide bonds. The molecule has 0 aliphatic carbocycles. The highest BCUT2D eigenvalue weighted by Crippen LogP contribution is 2.44. The molecule has 1 N–H and O–H groups in total. The first kappa shape index (κ1) is 20.8. The van der Waals surface area contributed by atoms with Gasteiger partial charge in [-0.05, 0) is 29.8 Å². The molecule has 158 valence electrons. The third-order valence-corrected chi connectivity index (χ3v) is 4.58. The van der Waals surface area contributed by atoms with Crippen LogP contribution in [-0.2, 0) is 0 Å². The number of rotatable bonds is 7. The van der Waals surface area contributed by atoms with Gasteiger partial charge in [-0.3, -0.25) is 0 Å². The quantitative estimate of drug-likeness (QED) is 0.620. The average Bonchev–Trinajstić information content (AvgIpc) is 2.76. The van der Waals surface area contributed by atoms with Crippen molar-refractivity contribution in [2.75, 3.05) is 35.5 Å². The maximum atomic E-state index is 12.5. The summed E-state index contributed by atoms with van der Waals surface area (Å²) in [7, 11) is 7.20. The van der Waals surface area contributed by atoms with Crippen LogP contribution in [0.5, 0.6) is 28.7 Å². The van der Waals surface area contributed by atoms with E-state index in [0.717, 1.165) is 0 Å². The van der Waals surface area contributed by atoms with Crippen LogP contribution in [0.25, 0.3) is 21.9 Å². The van der Waals surface area contributed by atoms with E-state index in [1.807, 2.05) is 0 Å². The predicted molar refractivity (Wildman–Crippen MR) is 108 cm³/mol. The van der Waals surface area contributed by atoms with E-state index in [-0.39, 0.29) is 10.9 Å². The molecule has 0 fully saturated rings. The van der Waals surface area contributed by atoms with E-state index in [2.05, 4.69) is 0 Å². The summed E-state index contributed by atoms with van der Waals surface area (Å²) in [6.45, 7) is 0. The van der Waals surface area contributed by atoms with Gasteiger partial charge >= 0.3 is 11.6 Å². The van der Waals surface area contributed by atoms with Gasteiger partial charge in [0, 0.05) is 10.9 Å². The number of fused-ring (bicyclic) bond motifs is 1. The molecule has 1 aromatic heterocycles. The fraction of sp³-hybridized carbons (Fsp3) is 0.238. The first-order chi connectivity index (χ1) is 14.4. The van der Waals surface area contributed by atoms with E-state index in [4.69, 9.17) is 28.1 Å². The summed E-state index contributed by atoms with van der Waals surface area (Å²) in [6, 6.07) is 6.10. The molecule has 0 aliphatic heterocycles. The predicted octanol–water partition coefficient (Wildman–Crippen LogP) is 3.20. The topological polar surface area (TPSA) is 114 Å². The molecule has 30 heavy (non-hydrogen) atoms. The molecule has 3 aromatic rings. The van der Waals surface area contributed by atoms with Gasteiger partial charge in [0.15, 0.2) is 23.0 Å². The third kappa shape index (κ3) is 3.34. The Hall–Kier alpha value is -3.88. The van der Waals surface area contributed by atoms with Crippen LogP contribution in [-0.4, -0.2) is 46.6 Å². The van der Waals surface area contributed by atoms with Crippen LogP contribution >= 0.6 is 0 Å². The molecule has 0 aliphatic rings. The fourth-order valence-electron chi connectivity index (χ4n) is 3.24. The van der Waals surface area contributed by atoms with Gasteiger partial charge in [-0.25, -0.2) is 9.59 Å². The minimum absolute atomic E-state index is 0.126. The van der Waals surface area contributed by atoms with Crippen LogP contribution in [0.2, 0.25) is 0 Å². The van der Waals surface area contributed by atoms with Gasteiger partial charge < -0.3 is 33.2 Å². The van der Waals surface area contributed by atoms with E-state index < -0.39 is 17.4 Å². The molecule has 2 aromatic carbocycles. The standard InChI is InChI=1S/C21H20O9/c1-25-13-8-11-12(9-14(13)26-2)21(24)30-19(20(22)23)17(11)10-6-15(27-3)18(29-5)16(7-10)28-4/h6-9H,1-5H3,(H,22,23). The largest absolute Gasteiger partial charge is 0.493 e. The lowest BCUT2D eigenvalue weighted by Gasteiger charge is -2.16. The van der Waals surface area contributed by atoms with Gasteiger partial charge in [-0.15, -0.1) is 0 Å². The maximum absolute atomic E-state index is 12.5. The third-order valence-electron chi connectivity index (χ3n) is 4.58. The number of aromatic carboxylic acids is 1. The molecule has 1 heterocycles. The van der Waals surface area contributed by atoms with Crippen LogP contribution in [0.4, 0.5) is 0 Å². The number of carboxylic acid groups (broad SMARTS) is 1. The van der Waals surface area contributed by atoms with Crippen molar-refractivity contribution in [3.05, 3.63) is 40.4 Å². The summed E-state index contributed by atoms with van der Waals surface area (Å²) in [5.41, 5.74) is -0.292. The smallest absolute Gasteiger partial charge is 0.372 e. The van der Waals surface area contributed by atoms with Crippen molar-refractivity contribution in [3.63, 3.8) is 0 Å². The lowest BCUT2D eigenvalue weighted by molar-refractivity contribution is 0.0659. The van der Waals surface area contributed by atoms with E-state index in [1.165, 1.54) is 47.7 Å². The van der Waals surface area contributed by atoms with Crippen LogP contribution in [0.15, 0.2) is 33.5 Å². The Morgan fingerprint density at radius 3 is 1.70 bits per heavy atom. The van der Waals surface area contributed by atoms with E-state index in [9.17, 15) is 14.7 Å². The summed E-state index contributed by atoms with van der Waals surface area (Å²) in [6.07, 6.45) is 0. The van der Waals surface area contributed by atoms with Gasteiger partial charge in [0.05, 0.1) is 40.9 Å². The Balaban J connectivity index is 2.51. The molecule has 3 rings (SSSR count). The molecular weight excluding hydrogens is 396 g/mol. The van der Waals surface area contributed by atoms with Crippen molar-refractivity contribution >= 4 is 16.7 Å². The first-order valence-electron chi connectivity index (χ1n) is 8.66. The minimum Gasteiger partial charge on any atom is -0.493 e. The molecule has 0 spiro atoms. The van der Waals surface area contributed by atoms with Crippen LogP contribution in [0, 0.1) is 0 Å². The Morgan fingerprint density at radius 2 is 1.27 bits per heavy atom. The number of benzene rings is 2. The van der Waals surface area contributed by atoms with Gasteiger partial charge in [-0.2, -0.15) is 0 Å². The Bertz CT molecular complexity index is 1150. The second kappa shape index (κ2) is 8.24. The summed E-state index contributed by atoms with van der Waals surface area (Å²) in [5, 5.41) is 10.1.